The number of aliphatic imine (C=N–C) groups is 1. The molecular weight excluding hydrogens is 212 g/mol. The summed E-state index contributed by atoms with van der Waals surface area (Å²) in [5.41, 5.74) is 0. The van der Waals surface area contributed by atoms with E-state index in [0.29, 0.717) is 6.04 Å². The van der Waals surface area contributed by atoms with Gasteiger partial charge in [0, 0.05) is 31.4 Å². The molecule has 0 aromatic heterocycles. The molecule has 0 aliphatic carbocycles. The standard InChI is InChI=1S/C13H24N4/c1-5-16(6-2)12(4)11-14-13-9-8-10-15-17(13)7-3/h9-12H,5-8H2,1-4H3. The van der Waals surface area contributed by atoms with Gasteiger partial charge in [-0.15, -0.1) is 0 Å². The van der Waals surface area contributed by atoms with E-state index < -0.39 is 0 Å². The van der Waals surface area contributed by atoms with Crippen molar-refractivity contribution in [1.29, 1.82) is 0 Å². The Bertz CT molecular complexity index is 303. The van der Waals surface area contributed by atoms with E-state index in [1.165, 1.54) is 0 Å². The molecule has 0 aromatic carbocycles. The van der Waals surface area contributed by atoms with Gasteiger partial charge in [0.1, 0.15) is 5.82 Å². The highest BCUT2D eigenvalue weighted by Crippen LogP contribution is 2.11. The Hall–Kier alpha value is -1.16. The van der Waals surface area contributed by atoms with Crippen molar-refractivity contribution in [2.24, 2.45) is 10.1 Å². The quantitative estimate of drug-likeness (QED) is 0.663. The summed E-state index contributed by atoms with van der Waals surface area (Å²) in [6, 6.07) is 0.371. The first-order valence-corrected chi connectivity index (χ1v) is 6.51. The monoisotopic (exact) mass is 236 g/mol. The second-order valence-electron chi connectivity index (χ2n) is 4.05. The van der Waals surface area contributed by atoms with Crippen LogP contribution in [0.5, 0.6) is 0 Å². The molecule has 0 saturated carbocycles. The molecule has 0 fully saturated rings. The summed E-state index contributed by atoms with van der Waals surface area (Å²) in [5.74, 6) is 0.967. The summed E-state index contributed by atoms with van der Waals surface area (Å²) in [5, 5.41) is 6.23. The van der Waals surface area contributed by atoms with Crippen LogP contribution in [0.3, 0.4) is 0 Å². The van der Waals surface area contributed by atoms with Crippen molar-refractivity contribution in [2.45, 2.75) is 40.2 Å². The minimum absolute atomic E-state index is 0.371. The summed E-state index contributed by atoms with van der Waals surface area (Å²) in [6.07, 6.45) is 6.92. The van der Waals surface area contributed by atoms with Gasteiger partial charge in [-0.25, -0.2) is 10.0 Å². The third-order valence-corrected chi connectivity index (χ3v) is 3.00. The average molecular weight is 236 g/mol. The highest BCUT2D eigenvalue weighted by molar-refractivity contribution is 5.66. The molecule has 4 heteroatoms. The van der Waals surface area contributed by atoms with Gasteiger partial charge in [-0.1, -0.05) is 13.8 Å². The maximum absolute atomic E-state index is 4.56. The lowest BCUT2D eigenvalue weighted by Crippen LogP contribution is -2.34. The van der Waals surface area contributed by atoms with Crippen LogP contribution in [0.15, 0.2) is 22.0 Å². The third kappa shape index (κ3) is 3.97. The topological polar surface area (TPSA) is 31.2 Å². The van der Waals surface area contributed by atoms with Crippen LogP contribution >= 0.6 is 0 Å². The maximum Gasteiger partial charge on any atom is 0.144 e. The van der Waals surface area contributed by atoms with E-state index in [1.54, 1.807) is 0 Å². The van der Waals surface area contributed by atoms with E-state index >= 15 is 0 Å². The van der Waals surface area contributed by atoms with Crippen molar-refractivity contribution in [3.05, 3.63) is 11.9 Å². The van der Waals surface area contributed by atoms with Gasteiger partial charge in [0.15, 0.2) is 0 Å². The van der Waals surface area contributed by atoms with Crippen LogP contribution in [0.4, 0.5) is 0 Å². The number of rotatable bonds is 6. The van der Waals surface area contributed by atoms with Crippen molar-refractivity contribution in [2.75, 3.05) is 19.6 Å². The van der Waals surface area contributed by atoms with Crippen molar-refractivity contribution >= 4 is 12.4 Å². The Kier molecular flexibility index (Phi) is 5.91. The summed E-state index contributed by atoms with van der Waals surface area (Å²) in [4.78, 5) is 6.93. The summed E-state index contributed by atoms with van der Waals surface area (Å²) >= 11 is 0. The largest absolute Gasteiger partial charge is 0.296 e. The minimum Gasteiger partial charge on any atom is -0.296 e. The van der Waals surface area contributed by atoms with Crippen molar-refractivity contribution in [3.63, 3.8) is 0 Å². The number of hydrazone groups is 1. The molecular formula is C13H24N4. The first-order chi connectivity index (χ1) is 8.22. The molecule has 1 aliphatic heterocycles. The average Bonchev–Trinajstić information content (AvgIpc) is 2.38. The number of allylic oxidation sites excluding steroid dienone is 1. The molecule has 0 bridgehead atoms. The molecule has 0 N–H and O–H groups in total. The molecule has 1 unspecified atom stereocenters. The van der Waals surface area contributed by atoms with Gasteiger partial charge < -0.3 is 0 Å². The first-order valence-electron chi connectivity index (χ1n) is 6.51. The van der Waals surface area contributed by atoms with Crippen LogP contribution in [0.1, 0.15) is 34.1 Å². The van der Waals surface area contributed by atoms with Gasteiger partial charge in [-0.3, -0.25) is 4.90 Å². The Morgan fingerprint density at radius 3 is 2.76 bits per heavy atom. The van der Waals surface area contributed by atoms with Crippen LogP contribution in [0, 0.1) is 0 Å². The van der Waals surface area contributed by atoms with Crippen molar-refractivity contribution in [3.8, 4) is 0 Å². The van der Waals surface area contributed by atoms with Gasteiger partial charge in [0.25, 0.3) is 0 Å². The van der Waals surface area contributed by atoms with E-state index in [2.05, 4.69) is 48.8 Å². The lowest BCUT2D eigenvalue weighted by Gasteiger charge is -2.24. The summed E-state index contributed by atoms with van der Waals surface area (Å²) in [6.45, 7) is 11.6. The van der Waals surface area contributed by atoms with Crippen LogP contribution in [0.25, 0.3) is 0 Å². The van der Waals surface area contributed by atoms with Gasteiger partial charge in [-0.05, 0) is 33.0 Å². The maximum atomic E-state index is 4.56. The Morgan fingerprint density at radius 2 is 2.18 bits per heavy atom. The van der Waals surface area contributed by atoms with Crippen LogP contribution < -0.4 is 0 Å². The molecule has 0 saturated heterocycles. The van der Waals surface area contributed by atoms with Crippen LogP contribution in [-0.2, 0) is 0 Å². The summed E-state index contributed by atoms with van der Waals surface area (Å²) < 4.78 is 0. The SMILES string of the molecule is CCN1N=CCC=C1N=CC(C)N(CC)CC. The van der Waals surface area contributed by atoms with E-state index in [-0.39, 0.29) is 0 Å². The number of hydrogen-bond donors (Lipinski definition) is 0. The fraction of sp³-hybridized carbons (Fsp3) is 0.692. The lowest BCUT2D eigenvalue weighted by atomic mass is 10.3. The molecule has 4 nitrogen and oxygen atoms in total. The van der Waals surface area contributed by atoms with Gasteiger partial charge in [0.05, 0.1) is 0 Å². The van der Waals surface area contributed by atoms with Crippen molar-refractivity contribution < 1.29 is 0 Å². The van der Waals surface area contributed by atoms with E-state index in [1.807, 2.05) is 17.4 Å². The molecule has 1 aliphatic rings. The van der Waals surface area contributed by atoms with E-state index in [4.69, 9.17) is 0 Å². The third-order valence-electron chi connectivity index (χ3n) is 3.00. The predicted molar refractivity (Wildman–Crippen MR) is 74.4 cm³/mol. The van der Waals surface area contributed by atoms with Gasteiger partial charge >= 0.3 is 0 Å². The molecule has 0 amide bonds. The lowest BCUT2D eigenvalue weighted by molar-refractivity contribution is 0.284. The van der Waals surface area contributed by atoms with Crippen LogP contribution in [-0.4, -0.2) is 48.0 Å². The van der Waals surface area contributed by atoms with E-state index in [9.17, 15) is 0 Å². The predicted octanol–water partition coefficient (Wildman–Crippen LogP) is 2.34. The zero-order valence-electron chi connectivity index (χ0n) is 11.4. The molecule has 0 radical (unpaired) electrons. The second kappa shape index (κ2) is 7.22. The van der Waals surface area contributed by atoms with E-state index in [0.717, 1.165) is 31.9 Å². The highest BCUT2D eigenvalue weighted by atomic mass is 15.5. The van der Waals surface area contributed by atoms with Crippen LogP contribution in [0.2, 0.25) is 0 Å². The fourth-order valence-corrected chi connectivity index (χ4v) is 1.91. The molecule has 1 atom stereocenters. The second-order valence-corrected chi connectivity index (χ2v) is 4.05. The molecule has 1 rings (SSSR count). The fourth-order valence-electron chi connectivity index (χ4n) is 1.91. The normalized spacial score (nSPS) is 17.9. The van der Waals surface area contributed by atoms with Crippen molar-refractivity contribution in [1.82, 2.24) is 9.91 Å². The smallest absolute Gasteiger partial charge is 0.144 e. The molecule has 0 aromatic rings. The zero-order chi connectivity index (χ0) is 12.7. The Balaban J connectivity index is 2.60. The zero-order valence-corrected chi connectivity index (χ0v) is 11.4. The Morgan fingerprint density at radius 1 is 1.47 bits per heavy atom. The van der Waals surface area contributed by atoms with Gasteiger partial charge in [0.2, 0.25) is 0 Å². The number of hydrogen-bond acceptors (Lipinski definition) is 4. The minimum atomic E-state index is 0.371. The molecule has 0 spiro atoms. The molecule has 17 heavy (non-hydrogen) atoms. The highest BCUT2D eigenvalue weighted by Gasteiger charge is 2.10. The summed E-state index contributed by atoms with van der Waals surface area (Å²) in [7, 11) is 0. The van der Waals surface area contributed by atoms with Gasteiger partial charge in [-0.2, -0.15) is 5.10 Å². The number of nitrogens with zero attached hydrogens (tertiary/aromatic N) is 4. The molecule has 1 heterocycles. The molecule has 96 valence electrons. The Labute approximate surface area is 105 Å². The first kappa shape index (κ1) is 13.9.